The predicted octanol–water partition coefficient (Wildman–Crippen LogP) is 2.26. The van der Waals surface area contributed by atoms with Crippen LogP contribution in [-0.4, -0.2) is 32.8 Å². The monoisotopic (exact) mass is 302 g/mol. The molecule has 2 rings (SSSR count). The summed E-state index contributed by atoms with van der Waals surface area (Å²) in [5.41, 5.74) is 0. The van der Waals surface area contributed by atoms with Crippen molar-refractivity contribution in [3.63, 3.8) is 0 Å². The fraction of sp³-hybridized carbons (Fsp3) is 1.00. The molecule has 20 heavy (non-hydrogen) atoms. The maximum absolute atomic E-state index is 12.2. The number of piperidine rings is 1. The SMILES string of the molecule is CC1CCC(NS(=O)(=O)CCC2CCCCN2)CC1C. The number of rotatable bonds is 5. The van der Waals surface area contributed by atoms with Gasteiger partial charge in [0.2, 0.25) is 10.0 Å². The lowest BCUT2D eigenvalue weighted by Gasteiger charge is -2.32. The number of sulfonamides is 1. The van der Waals surface area contributed by atoms with Crippen LogP contribution in [0.15, 0.2) is 0 Å². The van der Waals surface area contributed by atoms with Crippen molar-refractivity contribution in [2.45, 2.75) is 70.9 Å². The Morgan fingerprint density at radius 1 is 1.10 bits per heavy atom. The zero-order chi connectivity index (χ0) is 14.6. The van der Waals surface area contributed by atoms with Crippen molar-refractivity contribution < 1.29 is 8.42 Å². The van der Waals surface area contributed by atoms with Crippen LogP contribution in [-0.2, 0) is 10.0 Å². The first-order valence-electron chi connectivity index (χ1n) is 8.19. The highest BCUT2D eigenvalue weighted by Gasteiger charge is 2.27. The van der Waals surface area contributed by atoms with Crippen molar-refractivity contribution >= 4 is 10.0 Å². The van der Waals surface area contributed by atoms with E-state index in [-0.39, 0.29) is 11.8 Å². The standard InChI is InChI=1S/C15H30N2O2S/c1-12-6-7-15(11-13(12)2)17-20(18,19)10-8-14-5-3-4-9-16-14/h12-17H,3-11H2,1-2H3. The van der Waals surface area contributed by atoms with E-state index in [4.69, 9.17) is 0 Å². The van der Waals surface area contributed by atoms with Crippen LogP contribution in [0.3, 0.4) is 0 Å². The van der Waals surface area contributed by atoms with Crippen molar-refractivity contribution in [3.8, 4) is 0 Å². The van der Waals surface area contributed by atoms with E-state index >= 15 is 0 Å². The second-order valence-corrected chi connectivity index (χ2v) is 8.71. The van der Waals surface area contributed by atoms with E-state index in [1.165, 1.54) is 12.8 Å². The summed E-state index contributed by atoms with van der Waals surface area (Å²) in [6.07, 6.45) is 7.43. The molecule has 0 radical (unpaired) electrons. The van der Waals surface area contributed by atoms with Crippen LogP contribution in [0.25, 0.3) is 0 Å². The molecular formula is C15H30N2O2S. The summed E-state index contributed by atoms with van der Waals surface area (Å²) in [6, 6.07) is 0.552. The van der Waals surface area contributed by atoms with Gasteiger partial charge in [-0.05, 0) is 56.9 Å². The third kappa shape index (κ3) is 5.01. The van der Waals surface area contributed by atoms with E-state index in [0.717, 1.165) is 44.6 Å². The lowest BCUT2D eigenvalue weighted by molar-refractivity contribution is 0.241. The Labute approximate surface area is 124 Å². The molecule has 1 saturated carbocycles. The Kier molecular flexibility index (Phi) is 5.87. The van der Waals surface area contributed by atoms with Crippen LogP contribution < -0.4 is 10.0 Å². The van der Waals surface area contributed by atoms with Gasteiger partial charge < -0.3 is 5.32 Å². The van der Waals surface area contributed by atoms with Crippen LogP contribution in [0.2, 0.25) is 0 Å². The Bertz CT molecular complexity index is 391. The Morgan fingerprint density at radius 3 is 2.55 bits per heavy atom. The smallest absolute Gasteiger partial charge is 0.211 e. The zero-order valence-electron chi connectivity index (χ0n) is 12.9. The molecule has 118 valence electrons. The minimum absolute atomic E-state index is 0.158. The van der Waals surface area contributed by atoms with Gasteiger partial charge in [-0.25, -0.2) is 13.1 Å². The van der Waals surface area contributed by atoms with Crippen molar-refractivity contribution in [1.29, 1.82) is 0 Å². The van der Waals surface area contributed by atoms with Gasteiger partial charge in [0.05, 0.1) is 5.75 Å². The summed E-state index contributed by atoms with van der Waals surface area (Å²) < 4.78 is 27.3. The van der Waals surface area contributed by atoms with Crippen LogP contribution in [0.1, 0.15) is 58.8 Å². The van der Waals surface area contributed by atoms with E-state index in [0.29, 0.717) is 12.0 Å². The lowest BCUT2D eigenvalue weighted by atomic mass is 9.79. The van der Waals surface area contributed by atoms with Gasteiger partial charge in [-0.2, -0.15) is 0 Å². The first-order chi connectivity index (χ1) is 9.46. The molecule has 4 atom stereocenters. The highest BCUT2D eigenvalue weighted by Crippen LogP contribution is 2.29. The highest BCUT2D eigenvalue weighted by molar-refractivity contribution is 7.89. The van der Waals surface area contributed by atoms with E-state index in [1.807, 2.05) is 0 Å². The number of hydrogen-bond donors (Lipinski definition) is 2. The molecule has 0 amide bonds. The van der Waals surface area contributed by atoms with Gasteiger partial charge in [0.15, 0.2) is 0 Å². The van der Waals surface area contributed by atoms with E-state index in [2.05, 4.69) is 23.9 Å². The molecule has 2 fully saturated rings. The molecule has 1 aliphatic carbocycles. The third-order valence-electron chi connectivity index (χ3n) is 5.09. The quantitative estimate of drug-likeness (QED) is 0.819. The first-order valence-corrected chi connectivity index (χ1v) is 9.85. The Balaban J connectivity index is 1.75. The van der Waals surface area contributed by atoms with Crippen molar-refractivity contribution in [3.05, 3.63) is 0 Å². The summed E-state index contributed by atoms with van der Waals surface area (Å²) >= 11 is 0. The molecule has 0 aromatic carbocycles. The molecule has 0 aromatic heterocycles. The van der Waals surface area contributed by atoms with Gasteiger partial charge in [-0.3, -0.25) is 0 Å². The second kappa shape index (κ2) is 7.23. The maximum Gasteiger partial charge on any atom is 0.211 e. The van der Waals surface area contributed by atoms with Gasteiger partial charge in [0, 0.05) is 12.1 Å². The van der Waals surface area contributed by atoms with E-state index in [9.17, 15) is 8.42 Å². The zero-order valence-corrected chi connectivity index (χ0v) is 13.7. The van der Waals surface area contributed by atoms with Crippen LogP contribution >= 0.6 is 0 Å². The van der Waals surface area contributed by atoms with E-state index in [1.54, 1.807) is 0 Å². The van der Waals surface area contributed by atoms with E-state index < -0.39 is 10.0 Å². The molecular weight excluding hydrogens is 272 g/mol. The predicted molar refractivity (Wildman–Crippen MR) is 83.1 cm³/mol. The molecule has 4 nitrogen and oxygen atoms in total. The minimum Gasteiger partial charge on any atom is -0.314 e. The Morgan fingerprint density at radius 2 is 1.90 bits per heavy atom. The fourth-order valence-electron chi connectivity index (χ4n) is 3.44. The summed E-state index contributed by atoms with van der Waals surface area (Å²) in [6.45, 7) is 5.54. The first kappa shape index (κ1) is 16.2. The normalized spacial score (nSPS) is 35.9. The maximum atomic E-state index is 12.2. The fourth-order valence-corrected chi connectivity index (χ4v) is 4.87. The van der Waals surface area contributed by atoms with Crippen molar-refractivity contribution in [2.75, 3.05) is 12.3 Å². The minimum atomic E-state index is -3.11. The Hall–Kier alpha value is -0.130. The summed E-state index contributed by atoms with van der Waals surface area (Å²) in [7, 11) is -3.11. The van der Waals surface area contributed by atoms with Gasteiger partial charge in [-0.15, -0.1) is 0 Å². The van der Waals surface area contributed by atoms with Crippen LogP contribution in [0.4, 0.5) is 0 Å². The van der Waals surface area contributed by atoms with Crippen molar-refractivity contribution in [1.82, 2.24) is 10.0 Å². The molecule has 1 saturated heterocycles. The van der Waals surface area contributed by atoms with Crippen molar-refractivity contribution in [2.24, 2.45) is 11.8 Å². The average Bonchev–Trinajstić information content (AvgIpc) is 2.42. The summed E-state index contributed by atoms with van der Waals surface area (Å²) in [5, 5.41) is 3.42. The highest BCUT2D eigenvalue weighted by atomic mass is 32.2. The van der Waals surface area contributed by atoms with Gasteiger partial charge in [0.1, 0.15) is 0 Å². The van der Waals surface area contributed by atoms with Crippen LogP contribution in [0, 0.1) is 11.8 Å². The average molecular weight is 302 g/mol. The molecule has 0 spiro atoms. The molecule has 4 unspecified atom stereocenters. The summed E-state index contributed by atoms with van der Waals surface area (Å²) in [4.78, 5) is 0. The molecule has 1 aliphatic heterocycles. The van der Waals surface area contributed by atoms with Crippen LogP contribution in [0.5, 0.6) is 0 Å². The molecule has 2 aliphatic rings. The van der Waals surface area contributed by atoms with Gasteiger partial charge >= 0.3 is 0 Å². The van der Waals surface area contributed by atoms with Gasteiger partial charge in [0.25, 0.3) is 0 Å². The number of hydrogen-bond acceptors (Lipinski definition) is 3. The largest absolute Gasteiger partial charge is 0.314 e. The molecule has 1 heterocycles. The third-order valence-corrected chi connectivity index (χ3v) is 6.56. The van der Waals surface area contributed by atoms with Gasteiger partial charge in [-0.1, -0.05) is 20.3 Å². The molecule has 2 N–H and O–H groups in total. The number of nitrogens with one attached hydrogen (secondary N) is 2. The topological polar surface area (TPSA) is 58.2 Å². The molecule has 0 bridgehead atoms. The molecule has 5 heteroatoms. The second-order valence-electron chi connectivity index (χ2n) is 6.84. The lowest BCUT2D eigenvalue weighted by Crippen LogP contribution is -2.42. The summed E-state index contributed by atoms with van der Waals surface area (Å²) in [5.74, 6) is 1.61. The molecule has 0 aromatic rings.